The molecule has 5 aromatic rings. The summed E-state index contributed by atoms with van der Waals surface area (Å²) in [6.07, 6.45) is 0.703. The molecule has 2 fully saturated rings. The number of rotatable bonds is 17. The van der Waals surface area contributed by atoms with Crippen LogP contribution < -0.4 is 25.2 Å². The largest absolute Gasteiger partial charge is 0.376 e. The minimum absolute atomic E-state index is 0.144. The second-order valence-corrected chi connectivity index (χ2v) is 19.0. The van der Waals surface area contributed by atoms with Gasteiger partial charge in [0.05, 0.1) is 9.82 Å². The number of carbonyl (C=O) groups is 1. The standard InChI is InChI=1S/C46H53ClN8O5S2/c1-51(2)23-20-38(33-61-41-6-4-3-5-7-41)49-44-19-17-42(31-45(44)55(57)58)62(59,60)50-46(56)35-10-14-39(15-11-35)54-28-26-52(27-29-54)32-36-30-40(53-24-21-48-22-25-53)16-18-43(36)34-8-12-37(47)13-9-34/h3-19,30-31,38,48-49H,20-29,32-33H2,1-2H3,(H,50,56). The van der Waals surface area contributed by atoms with E-state index < -0.39 is 26.5 Å². The summed E-state index contributed by atoms with van der Waals surface area (Å²) in [5, 5.41) is 19.7. The van der Waals surface area contributed by atoms with Crippen molar-refractivity contribution in [1.29, 1.82) is 0 Å². The fourth-order valence-electron chi connectivity index (χ4n) is 7.71. The monoisotopic (exact) mass is 896 g/mol. The summed E-state index contributed by atoms with van der Waals surface area (Å²) in [5.74, 6) is -0.188. The average molecular weight is 898 g/mol. The molecule has 3 N–H and O–H groups in total. The number of piperazine rings is 2. The molecule has 0 radical (unpaired) electrons. The third-order valence-electron chi connectivity index (χ3n) is 11.2. The van der Waals surface area contributed by atoms with Crippen LogP contribution >= 0.6 is 23.4 Å². The van der Waals surface area contributed by atoms with Crippen LogP contribution in [0, 0.1) is 10.1 Å². The second-order valence-electron chi connectivity index (χ2n) is 15.8. The highest BCUT2D eigenvalue weighted by Gasteiger charge is 2.26. The molecule has 2 saturated heterocycles. The Balaban J connectivity index is 0.969. The molecule has 0 bridgehead atoms. The second kappa shape index (κ2) is 20.8. The van der Waals surface area contributed by atoms with Gasteiger partial charge in [0, 0.05) is 104 Å². The number of thioether (sulfide) groups is 1. The Morgan fingerprint density at radius 3 is 2.21 bits per heavy atom. The van der Waals surface area contributed by atoms with Crippen molar-refractivity contribution in [2.45, 2.75) is 28.8 Å². The number of nitrogens with one attached hydrogen (secondary N) is 3. The van der Waals surface area contributed by atoms with Gasteiger partial charge in [0.1, 0.15) is 5.69 Å². The quantitative estimate of drug-likeness (QED) is 0.0490. The predicted molar refractivity (Wildman–Crippen MR) is 251 cm³/mol. The SMILES string of the molecule is CN(C)CCC(CSc1ccccc1)Nc1ccc(S(=O)(=O)NC(=O)c2ccc(N3CCN(Cc4cc(N5CCNCC5)ccc4-c4ccc(Cl)cc4)CC3)cc2)cc1[N+](=O)[O-]. The molecule has 7 rings (SSSR count). The van der Waals surface area contributed by atoms with E-state index in [9.17, 15) is 23.3 Å². The van der Waals surface area contributed by atoms with Gasteiger partial charge in [-0.2, -0.15) is 0 Å². The Morgan fingerprint density at radius 2 is 1.53 bits per heavy atom. The molecule has 1 unspecified atom stereocenters. The lowest BCUT2D eigenvalue weighted by Gasteiger charge is -2.37. The molecular formula is C46H53ClN8O5S2. The number of nitro groups is 1. The molecule has 0 saturated carbocycles. The van der Waals surface area contributed by atoms with Gasteiger partial charge in [0.15, 0.2) is 0 Å². The first-order valence-electron chi connectivity index (χ1n) is 20.8. The number of carbonyl (C=O) groups excluding carboxylic acids is 1. The molecule has 0 aromatic heterocycles. The summed E-state index contributed by atoms with van der Waals surface area (Å²) in [7, 11) is -0.519. The van der Waals surface area contributed by atoms with Crippen LogP contribution in [0.15, 0.2) is 125 Å². The molecule has 2 aliphatic rings. The zero-order valence-electron chi connectivity index (χ0n) is 35.0. The third-order valence-corrected chi connectivity index (χ3v) is 13.9. The predicted octanol–water partition coefficient (Wildman–Crippen LogP) is 7.29. The topological polar surface area (TPSA) is 143 Å². The van der Waals surface area contributed by atoms with E-state index in [2.05, 4.69) is 60.4 Å². The van der Waals surface area contributed by atoms with Crippen molar-refractivity contribution in [3.05, 3.63) is 142 Å². The molecule has 2 heterocycles. The zero-order chi connectivity index (χ0) is 43.6. The first-order valence-corrected chi connectivity index (χ1v) is 23.6. The molecule has 326 valence electrons. The van der Waals surface area contributed by atoms with Crippen LogP contribution in [0.25, 0.3) is 11.1 Å². The molecule has 1 atom stereocenters. The summed E-state index contributed by atoms with van der Waals surface area (Å²) in [4.78, 5) is 34.8. The number of hydrogen-bond donors (Lipinski definition) is 3. The Kier molecular flexibility index (Phi) is 15.1. The average Bonchev–Trinajstić information content (AvgIpc) is 3.28. The Morgan fingerprint density at radius 1 is 0.855 bits per heavy atom. The fourth-order valence-corrected chi connectivity index (χ4v) is 9.82. The van der Waals surface area contributed by atoms with Crippen molar-refractivity contribution >= 4 is 62.0 Å². The molecule has 5 aromatic carbocycles. The number of benzene rings is 5. The molecule has 1 amide bonds. The summed E-state index contributed by atoms with van der Waals surface area (Å²) >= 11 is 7.86. The van der Waals surface area contributed by atoms with Crippen LogP contribution in [0.4, 0.5) is 22.7 Å². The van der Waals surface area contributed by atoms with Crippen LogP contribution in [0.5, 0.6) is 0 Å². The fraction of sp³-hybridized carbons (Fsp3) is 0.326. The molecular weight excluding hydrogens is 844 g/mol. The van der Waals surface area contributed by atoms with Crippen molar-refractivity contribution in [3.8, 4) is 11.1 Å². The van der Waals surface area contributed by atoms with Gasteiger partial charge in [-0.15, -0.1) is 11.8 Å². The molecule has 16 heteroatoms. The zero-order valence-corrected chi connectivity index (χ0v) is 37.4. The van der Waals surface area contributed by atoms with Crippen LogP contribution in [0.2, 0.25) is 5.02 Å². The summed E-state index contributed by atoms with van der Waals surface area (Å²) < 4.78 is 29.0. The van der Waals surface area contributed by atoms with Gasteiger partial charge in [-0.3, -0.25) is 19.8 Å². The number of halogens is 1. The maximum atomic E-state index is 13.4. The third kappa shape index (κ3) is 11.8. The van der Waals surface area contributed by atoms with E-state index in [0.717, 1.165) is 87.7 Å². The Bertz CT molecular complexity index is 2410. The van der Waals surface area contributed by atoms with E-state index in [1.807, 2.05) is 73.6 Å². The maximum absolute atomic E-state index is 13.4. The van der Waals surface area contributed by atoms with Crippen LogP contribution in [-0.4, -0.2) is 114 Å². The Labute approximate surface area is 373 Å². The lowest BCUT2D eigenvalue weighted by molar-refractivity contribution is -0.384. The summed E-state index contributed by atoms with van der Waals surface area (Å²) in [5.41, 5.74) is 5.72. The maximum Gasteiger partial charge on any atom is 0.293 e. The molecule has 0 spiro atoms. The summed E-state index contributed by atoms with van der Waals surface area (Å²) in [6.45, 7) is 8.65. The van der Waals surface area contributed by atoms with Crippen LogP contribution in [0.1, 0.15) is 22.3 Å². The summed E-state index contributed by atoms with van der Waals surface area (Å²) in [6, 6.07) is 35.0. The van der Waals surface area contributed by atoms with Crippen molar-refractivity contribution in [2.75, 3.05) is 93.9 Å². The van der Waals surface area contributed by atoms with Gasteiger partial charge in [0.25, 0.3) is 21.6 Å². The van der Waals surface area contributed by atoms with E-state index in [1.165, 1.54) is 28.9 Å². The molecule has 2 aliphatic heterocycles. The highest BCUT2D eigenvalue weighted by molar-refractivity contribution is 7.99. The number of sulfonamides is 1. The van der Waals surface area contributed by atoms with Crippen molar-refractivity contribution in [2.24, 2.45) is 0 Å². The van der Waals surface area contributed by atoms with Gasteiger partial charge in [-0.25, -0.2) is 13.1 Å². The normalized spacial score (nSPS) is 15.4. The van der Waals surface area contributed by atoms with Crippen molar-refractivity contribution in [1.82, 2.24) is 19.8 Å². The lowest BCUT2D eigenvalue weighted by Crippen LogP contribution is -2.46. The van der Waals surface area contributed by atoms with E-state index in [0.29, 0.717) is 17.2 Å². The first kappa shape index (κ1) is 44.9. The van der Waals surface area contributed by atoms with Crippen LogP contribution in [0.3, 0.4) is 0 Å². The minimum atomic E-state index is -4.44. The molecule has 13 nitrogen and oxygen atoms in total. The smallest absolute Gasteiger partial charge is 0.293 e. The van der Waals surface area contributed by atoms with E-state index in [4.69, 9.17) is 11.6 Å². The van der Waals surface area contributed by atoms with Gasteiger partial charge in [-0.05, 0) is 117 Å². The number of anilines is 3. The minimum Gasteiger partial charge on any atom is -0.376 e. The van der Waals surface area contributed by atoms with Gasteiger partial charge >= 0.3 is 0 Å². The van der Waals surface area contributed by atoms with E-state index in [-0.39, 0.29) is 22.2 Å². The molecule has 0 aliphatic carbocycles. The highest BCUT2D eigenvalue weighted by Crippen LogP contribution is 2.32. The van der Waals surface area contributed by atoms with Crippen molar-refractivity contribution < 1.29 is 18.1 Å². The molecule has 62 heavy (non-hydrogen) atoms. The number of hydrogen-bond acceptors (Lipinski definition) is 12. The van der Waals surface area contributed by atoms with E-state index >= 15 is 0 Å². The first-order chi connectivity index (χ1) is 29.9. The number of amides is 1. The van der Waals surface area contributed by atoms with Gasteiger partial charge < -0.3 is 25.3 Å². The lowest BCUT2D eigenvalue weighted by atomic mass is 9.98. The number of nitro benzene ring substituents is 1. The van der Waals surface area contributed by atoms with Gasteiger partial charge in [-0.1, -0.05) is 48.0 Å². The highest BCUT2D eigenvalue weighted by atomic mass is 35.5. The Hall–Kier alpha value is -5.16. The van der Waals surface area contributed by atoms with Crippen molar-refractivity contribution in [3.63, 3.8) is 0 Å². The number of nitrogens with zero attached hydrogens (tertiary/aromatic N) is 5. The van der Waals surface area contributed by atoms with Crippen LogP contribution in [-0.2, 0) is 16.6 Å². The van der Waals surface area contributed by atoms with E-state index in [1.54, 1.807) is 23.9 Å². The van der Waals surface area contributed by atoms with Gasteiger partial charge in [0.2, 0.25) is 0 Å².